The smallest absolute Gasteiger partial charge is 0.0559 e. The normalized spacial score (nSPS) is 10.6. The van der Waals surface area contributed by atoms with Crippen LogP contribution in [0, 0.1) is 6.92 Å². The van der Waals surface area contributed by atoms with Crippen LogP contribution >= 0.6 is 0 Å². The lowest BCUT2D eigenvalue weighted by Gasteiger charge is -2.09. The standard InChI is InChI=1S/C16H15N3/c1-12-4-6-18-11-16(12)19-9-13-2-3-15-10-17-7-5-14(15)8-13/h2-8,10-11,19H,9H2,1H3. The van der Waals surface area contributed by atoms with E-state index in [9.17, 15) is 0 Å². The summed E-state index contributed by atoms with van der Waals surface area (Å²) in [5, 5.41) is 5.81. The van der Waals surface area contributed by atoms with Crippen molar-refractivity contribution in [3.8, 4) is 0 Å². The lowest BCUT2D eigenvalue weighted by atomic mass is 10.1. The Labute approximate surface area is 112 Å². The van der Waals surface area contributed by atoms with Crippen molar-refractivity contribution in [1.29, 1.82) is 0 Å². The van der Waals surface area contributed by atoms with Gasteiger partial charge in [0.05, 0.1) is 11.9 Å². The minimum Gasteiger partial charge on any atom is -0.380 e. The highest BCUT2D eigenvalue weighted by atomic mass is 14.9. The molecule has 2 aromatic heterocycles. The summed E-state index contributed by atoms with van der Waals surface area (Å²) in [6, 6.07) is 10.5. The SMILES string of the molecule is Cc1ccncc1NCc1ccc2cnccc2c1. The molecule has 3 rings (SSSR count). The van der Waals surface area contributed by atoms with Crippen LogP contribution in [0.1, 0.15) is 11.1 Å². The third kappa shape index (κ3) is 2.55. The fraction of sp³-hybridized carbons (Fsp3) is 0.125. The number of nitrogens with one attached hydrogen (secondary N) is 1. The molecule has 94 valence electrons. The number of aryl methyl sites for hydroxylation is 1. The molecule has 0 aliphatic heterocycles. The van der Waals surface area contributed by atoms with E-state index in [1.807, 2.05) is 36.9 Å². The molecule has 1 aromatic carbocycles. The number of hydrogen-bond acceptors (Lipinski definition) is 3. The number of aromatic nitrogens is 2. The molecule has 1 N–H and O–H groups in total. The third-order valence-corrected chi connectivity index (χ3v) is 3.23. The van der Waals surface area contributed by atoms with Crippen LogP contribution in [0.25, 0.3) is 10.8 Å². The average Bonchev–Trinajstić information content (AvgIpc) is 2.46. The van der Waals surface area contributed by atoms with E-state index in [2.05, 4.69) is 40.4 Å². The van der Waals surface area contributed by atoms with Gasteiger partial charge in [0, 0.05) is 30.5 Å². The van der Waals surface area contributed by atoms with Crippen molar-refractivity contribution in [2.45, 2.75) is 13.5 Å². The Kier molecular flexibility index (Phi) is 3.11. The number of rotatable bonds is 3. The molecule has 0 saturated carbocycles. The van der Waals surface area contributed by atoms with E-state index < -0.39 is 0 Å². The number of fused-ring (bicyclic) bond motifs is 1. The Morgan fingerprint density at radius 3 is 2.68 bits per heavy atom. The molecule has 0 bridgehead atoms. The maximum Gasteiger partial charge on any atom is 0.0559 e. The van der Waals surface area contributed by atoms with Crippen molar-refractivity contribution in [3.63, 3.8) is 0 Å². The lowest BCUT2D eigenvalue weighted by molar-refractivity contribution is 1.13. The molecule has 2 heterocycles. The Bertz CT molecular complexity index is 707. The highest BCUT2D eigenvalue weighted by molar-refractivity contribution is 5.82. The summed E-state index contributed by atoms with van der Waals surface area (Å²) in [6.07, 6.45) is 7.38. The van der Waals surface area contributed by atoms with E-state index in [4.69, 9.17) is 0 Å². The first kappa shape index (κ1) is 11.7. The summed E-state index contributed by atoms with van der Waals surface area (Å²) < 4.78 is 0. The Balaban J connectivity index is 1.80. The van der Waals surface area contributed by atoms with Crippen molar-refractivity contribution in [2.75, 3.05) is 5.32 Å². The number of nitrogens with zero attached hydrogens (tertiary/aromatic N) is 2. The first-order valence-corrected chi connectivity index (χ1v) is 6.30. The molecule has 0 unspecified atom stereocenters. The summed E-state index contributed by atoms with van der Waals surface area (Å²) in [5.74, 6) is 0. The van der Waals surface area contributed by atoms with Gasteiger partial charge in [-0.2, -0.15) is 0 Å². The van der Waals surface area contributed by atoms with E-state index in [1.54, 1.807) is 0 Å². The van der Waals surface area contributed by atoms with Gasteiger partial charge in [-0.25, -0.2) is 0 Å². The maximum absolute atomic E-state index is 4.14. The molecule has 0 fully saturated rings. The first-order valence-electron chi connectivity index (χ1n) is 6.30. The first-order chi connectivity index (χ1) is 9.33. The second-order valence-electron chi connectivity index (χ2n) is 4.60. The topological polar surface area (TPSA) is 37.8 Å². The van der Waals surface area contributed by atoms with Gasteiger partial charge in [-0.05, 0) is 41.6 Å². The quantitative estimate of drug-likeness (QED) is 0.771. The van der Waals surface area contributed by atoms with E-state index in [0.29, 0.717) is 0 Å². The van der Waals surface area contributed by atoms with Crippen LogP contribution in [0.2, 0.25) is 0 Å². The molecule has 0 radical (unpaired) electrons. The Hall–Kier alpha value is -2.42. The number of pyridine rings is 2. The summed E-state index contributed by atoms with van der Waals surface area (Å²) >= 11 is 0. The number of benzene rings is 1. The van der Waals surface area contributed by atoms with E-state index in [1.165, 1.54) is 21.9 Å². The van der Waals surface area contributed by atoms with Crippen LogP contribution in [0.3, 0.4) is 0 Å². The predicted octanol–water partition coefficient (Wildman–Crippen LogP) is 3.55. The van der Waals surface area contributed by atoms with Crippen molar-refractivity contribution in [3.05, 3.63) is 66.2 Å². The third-order valence-electron chi connectivity index (χ3n) is 3.23. The molecule has 0 atom stereocenters. The maximum atomic E-state index is 4.14. The zero-order valence-corrected chi connectivity index (χ0v) is 10.8. The van der Waals surface area contributed by atoms with Crippen LogP contribution in [0.15, 0.2) is 55.1 Å². The van der Waals surface area contributed by atoms with Crippen molar-refractivity contribution in [1.82, 2.24) is 9.97 Å². The minimum atomic E-state index is 0.796. The molecular formula is C16H15N3. The van der Waals surface area contributed by atoms with Gasteiger partial charge in [0.2, 0.25) is 0 Å². The van der Waals surface area contributed by atoms with Crippen molar-refractivity contribution in [2.24, 2.45) is 0 Å². The van der Waals surface area contributed by atoms with Crippen LogP contribution in [0.4, 0.5) is 5.69 Å². The Morgan fingerprint density at radius 1 is 0.947 bits per heavy atom. The molecule has 3 nitrogen and oxygen atoms in total. The summed E-state index contributed by atoms with van der Waals surface area (Å²) in [5.41, 5.74) is 3.54. The van der Waals surface area contributed by atoms with Gasteiger partial charge in [0.1, 0.15) is 0 Å². The lowest BCUT2D eigenvalue weighted by Crippen LogP contribution is -2.01. The Morgan fingerprint density at radius 2 is 1.79 bits per heavy atom. The van der Waals surface area contributed by atoms with Gasteiger partial charge >= 0.3 is 0 Å². The second kappa shape index (κ2) is 5.06. The summed E-state index contributed by atoms with van der Waals surface area (Å²) in [7, 11) is 0. The summed E-state index contributed by atoms with van der Waals surface area (Å²) in [4.78, 5) is 8.26. The van der Waals surface area contributed by atoms with Gasteiger partial charge in [0.25, 0.3) is 0 Å². The zero-order chi connectivity index (χ0) is 13.1. The van der Waals surface area contributed by atoms with Crippen molar-refractivity contribution >= 4 is 16.5 Å². The van der Waals surface area contributed by atoms with Gasteiger partial charge in [-0.1, -0.05) is 12.1 Å². The minimum absolute atomic E-state index is 0.796. The molecular weight excluding hydrogens is 234 g/mol. The highest BCUT2D eigenvalue weighted by Gasteiger charge is 1.99. The highest BCUT2D eigenvalue weighted by Crippen LogP contribution is 2.17. The second-order valence-corrected chi connectivity index (χ2v) is 4.60. The molecule has 3 heteroatoms. The van der Waals surface area contributed by atoms with E-state index >= 15 is 0 Å². The van der Waals surface area contributed by atoms with E-state index in [-0.39, 0.29) is 0 Å². The zero-order valence-electron chi connectivity index (χ0n) is 10.8. The molecule has 0 aliphatic rings. The monoisotopic (exact) mass is 249 g/mol. The van der Waals surface area contributed by atoms with Crippen LogP contribution in [0.5, 0.6) is 0 Å². The van der Waals surface area contributed by atoms with Gasteiger partial charge in [-0.3, -0.25) is 9.97 Å². The predicted molar refractivity (Wildman–Crippen MR) is 78.0 cm³/mol. The number of anilines is 1. The van der Waals surface area contributed by atoms with Crippen molar-refractivity contribution < 1.29 is 0 Å². The molecule has 0 saturated heterocycles. The van der Waals surface area contributed by atoms with E-state index in [0.717, 1.165) is 12.2 Å². The fourth-order valence-electron chi connectivity index (χ4n) is 2.09. The van der Waals surface area contributed by atoms with Crippen LogP contribution in [-0.4, -0.2) is 9.97 Å². The average molecular weight is 249 g/mol. The molecule has 3 aromatic rings. The van der Waals surface area contributed by atoms with Gasteiger partial charge in [0.15, 0.2) is 0 Å². The molecule has 0 amide bonds. The fourth-order valence-corrected chi connectivity index (χ4v) is 2.09. The van der Waals surface area contributed by atoms with Gasteiger partial charge in [-0.15, -0.1) is 0 Å². The molecule has 0 spiro atoms. The number of hydrogen-bond donors (Lipinski definition) is 1. The molecule has 19 heavy (non-hydrogen) atoms. The molecule has 0 aliphatic carbocycles. The largest absolute Gasteiger partial charge is 0.380 e. The van der Waals surface area contributed by atoms with Gasteiger partial charge < -0.3 is 5.32 Å². The van der Waals surface area contributed by atoms with Crippen LogP contribution in [-0.2, 0) is 6.54 Å². The van der Waals surface area contributed by atoms with Crippen LogP contribution < -0.4 is 5.32 Å². The summed E-state index contributed by atoms with van der Waals surface area (Å²) in [6.45, 7) is 2.88.